The van der Waals surface area contributed by atoms with Crippen molar-refractivity contribution in [3.8, 4) is 11.5 Å². The maximum absolute atomic E-state index is 15.5. The van der Waals surface area contributed by atoms with Crippen LogP contribution < -0.4 is 20.4 Å². The molecule has 9 rings (SSSR count). The van der Waals surface area contributed by atoms with Crippen LogP contribution in [0.25, 0.3) is 0 Å². The molecule has 6 atom stereocenters. The molecule has 16 heteroatoms. The topological polar surface area (TPSA) is 141 Å². The number of halogens is 5. The van der Waals surface area contributed by atoms with Crippen LogP contribution in [0.5, 0.6) is 11.5 Å². The number of benzene rings is 4. The van der Waals surface area contributed by atoms with Gasteiger partial charge in [-0.05, 0) is 91.9 Å². The Morgan fingerprint density at radius 1 is 0.871 bits per heavy atom. The minimum Gasteiger partial charge on any atom is -0.504 e. The Bertz CT molecular complexity index is 2660. The molecule has 2 aliphatic carbocycles. The number of hydrogen-bond acceptors (Lipinski definition) is 9. The second-order valence-corrected chi connectivity index (χ2v) is 16.4. The monoisotopic (exact) mass is 881 g/mol. The number of rotatable bonds is 9. The second-order valence-electron chi connectivity index (χ2n) is 15.6. The van der Waals surface area contributed by atoms with E-state index < -0.39 is 81.2 Å². The highest BCUT2D eigenvalue weighted by molar-refractivity contribution is 6.33. The van der Waals surface area contributed by atoms with Gasteiger partial charge >= 0.3 is 6.18 Å². The van der Waals surface area contributed by atoms with Crippen LogP contribution in [0, 0.1) is 23.7 Å². The quantitative estimate of drug-likeness (QED) is 0.0976. The number of fused-ring (bicyclic) bond motifs is 4. The SMILES string of the molecule is CCOc1cccc([C@H]2C3=CC[C@@H]4C(=O)N(c5ccc(Nc6ccccc6)cc5)C(=O)[C@@H]4[C@@H]3C[C@H]3C(=O)N(Nc4ncc(C(F)(F)F)cc4Cl)C(=O)[C@@]23c2ccc(Cl)cc2)c1O. The third kappa shape index (κ3) is 6.54. The molecule has 3 heterocycles. The Morgan fingerprint density at radius 2 is 1.58 bits per heavy atom. The van der Waals surface area contributed by atoms with Gasteiger partial charge in [0.1, 0.15) is 0 Å². The number of nitrogens with zero attached hydrogens (tertiary/aromatic N) is 3. The van der Waals surface area contributed by atoms with Crippen molar-refractivity contribution in [1.29, 1.82) is 0 Å². The van der Waals surface area contributed by atoms with E-state index in [-0.39, 0.29) is 36.5 Å². The summed E-state index contributed by atoms with van der Waals surface area (Å²) in [4.78, 5) is 64.6. The van der Waals surface area contributed by atoms with E-state index in [2.05, 4.69) is 15.7 Å². The molecule has 0 radical (unpaired) electrons. The number of phenols is 1. The number of phenolic OH excluding ortho intramolecular Hbond substituents is 1. The fourth-order valence-electron chi connectivity index (χ4n) is 9.81. The number of hydrazine groups is 1. The van der Waals surface area contributed by atoms with Crippen LogP contribution in [0.2, 0.25) is 10.0 Å². The van der Waals surface area contributed by atoms with Crippen molar-refractivity contribution in [2.45, 2.75) is 37.3 Å². The van der Waals surface area contributed by atoms with Gasteiger partial charge in [0.25, 0.3) is 11.8 Å². The predicted octanol–water partition coefficient (Wildman–Crippen LogP) is 9.44. The molecule has 5 aromatic rings. The van der Waals surface area contributed by atoms with Gasteiger partial charge in [0.15, 0.2) is 17.3 Å². The maximum atomic E-state index is 15.5. The lowest BCUT2D eigenvalue weighted by Gasteiger charge is -2.50. The molecule has 1 aromatic heterocycles. The van der Waals surface area contributed by atoms with E-state index in [1.54, 1.807) is 73.7 Å². The van der Waals surface area contributed by atoms with Gasteiger partial charge in [0, 0.05) is 34.1 Å². The Labute approximate surface area is 363 Å². The van der Waals surface area contributed by atoms with Crippen LogP contribution in [0.3, 0.4) is 0 Å². The summed E-state index contributed by atoms with van der Waals surface area (Å²) in [5, 5.41) is 15.8. The van der Waals surface area contributed by atoms with Gasteiger partial charge in [0.2, 0.25) is 11.8 Å². The average Bonchev–Trinajstić information content (AvgIpc) is 3.63. The molecular formula is C46H36Cl2F3N5O6. The summed E-state index contributed by atoms with van der Waals surface area (Å²) in [5.74, 6) is -8.03. The largest absolute Gasteiger partial charge is 0.504 e. The Balaban J connectivity index is 1.17. The highest BCUT2D eigenvalue weighted by Crippen LogP contribution is 2.65. The number of nitrogens with one attached hydrogen (secondary N) is 2. The number of anilines is 4. The van der Waals surface area contributed by atoms with Gasteiger partial charge in [-0.15, -0.1) is 0 Å². The first-order valence-corrected chi connectivity index (χ1v) is 20.6. The highest BCUT2D eigenvalue weighted by atomic mass is 35.5. The molecule has 4 aliphatic rings. The lowest BCUT2D eigenvalue weighted by molar-refractivity contribution is -0.139. The summed E-state index contributed by atoms with van der Waals surface area (Å²) in [6.07, 6.45) is -2.39. The number of allylic oxidation sites excluding steroid dienone is 2. The van der Waals surface area contributed by atoms with Gasteiger partial charge in [-0.3, -0.25) is 29.5 Å². The van der Waals surface area contributed by atoms with Gasteiger partial charge in [-0.2, -0.15) is 18.2 Å². The zero-order valence-corrected chi connectivity index (χ0v) is 34.2. The molecule has 1 saturated carbocycles. The summed E-state index contributed by atoms with van der Waals surface area (Å²) in [7, 11) is 0. The fourth-order valence-corrected chi connectivity index (χ4v) is 10.1. The van der Waals surface area contributed by atoms with Crippen LogP contribution in [-0.4, -0.2) is 45.3 Å². The normalized spacial score (nSPS) is 24.4. The number of carbonyl (C=O) groups excluding carboxylic acids is 4. The molecule has 316 valence electrons. The number of ether oxygens (including phenoxy) is 1. The molecule has 11 nitrogen and oxygen atoms in total. The van der Waals surface area contributed by atoms with E-state index >= 15 is 9.59 Å². The van der Waals surface area contributed by atoms with Crippen molar-refractivity contribution in [3.63, 3.8) is 0 Å². The highest BCUT2D eigenvalue weighted by Gasteiger charge is 2.71. The molecule has 4 amide bonds. The Kier molecular flexibility index (Phi) is 10.3. The number of pyridine rings is 1. The smallest absolute Gasteiger partial charge is 0.417 e. The molecule has 3 fully saturated rings. The fraction of sp³-hybridized carbons (Fsp3) is 0.239. The number of para-hydroxylation sites is 2. The summed E-state index contributed by atoms with van der Waals surface area (Å²) >= 11 is 12.7. The summed E-state index contributed by atoms with van der Waals surface area (Å²) in [6.45, 7) is 1.93. The van der Waals surface area contributed by atoms with E-state index in [1.807, 2.05) is 36.4 Å². The molecule has 2 saturated heterocycles. The van der Waals surface area contributed by atoms with E-state index in [1.165, 1.54) is 4.90 Å². The number of carbonyl (C=O) groups is 4. The molecule has 4 aromatic carbocycles. The van der Waals surface area contributed by atoms with Crippen molar-refractivity contribution in [2.75, 3.05) is 22.2 Å². The van der Waals surface area contributed by atoms with Gasteiger partial charge in [0.05, 0.1) is 46.0 Å². The Hall–Kier alpha value is -6.38. The van der Waals surface area contributed by atoms with Crippen LogP contribution >= 0.6 is 23.2 Å². The lowest BCUT2D eigenvalue weighted by Crippen LogP contribution is -2.53. The zero-order valence-electron chi connectivity index (χ0n) is 32.7. The molecule has 0 bridgehead atoms. The third-order valence-corrected chi connectivity index (χ3v) is 12.9. The molecule has 3 N–H and O–H groups in total. The van der Waals surface area contributed by atoms with Gasteiger partial charge in [-0.1, -0.05) is 77.3 Å². The van der Waals surface area contributed by atoms with E-state index in [9.17, 15) is 27.9 Å². The second kappa shape index (κ2) is 15.5. The molecule has 62 heavy (non-hydrogen) atoms. The first kappa shape index (κ1) is 41.0. The minimum atomic E-state index is -4.77. The number of imide groups is 2. The number of hydrogen-bond donors (Lipinski definition) is 3. The standard InChI is InChI=1S/C46H36Cl2F3N5O6/c1-2-62-36-10-6-9-32(39(36)57)38-30-19-20-31-37(43(60)55(41(31)58)29-17-15-28(16-18-29)53-27-7-4-3-5-8-27)33(30)22-34-42(59)56(44(61)45(34,38)24-11-13-26(47)14-12-24)54-40-35(48)21-25(23-52-40)46(49,50)51/h3-19,21,23,31,33-34,37-38,53,57H,2,20,22H2,1H3,(H,52,54)/t31-,33+,34-,37-,38+,45+/m0/s1. The summed E-state index contributed by atoms with van der Waals surface area (Å²) in [5.41, 5.74) is 2.69. The van der Waals surface area contributed by atoms with E-state index in [4.69, 9.17) is 27.9 Å². The van der Waals surface area contributed by atoms with Crippen molar-refractivity contribution >= 4 is 69.7 Å². The predicted molar refractivity (Wildman–Crippen MR) is 225 cm³/mol. The van der Waals surface area contributed by atoms with Crippen LogP contribution in [-0.2, 0) is 30.8 Å². The molecule has 0 spiro atoms. The first-order chi connectivity index (χ1) is 29.7. The lowest BCUT2D eigenvalue weighted by atomic mass is 9.49. The molecular weight excluding hydrogens is 846 g/mol. The van der Waals surface area contributed by atoms with Crippen molar-refractivity contribution in [1.82, 2.24) is 9.99 Å². The molecule has 2 aliphatic heterocycles. The van der Waals surface area contributed by atoms with E-state index in [0.29, 0.717) is 39.1 Å². The first-order valence-electron chi connectivity index (χ1n) is 19.8. The number of aromatic nitrogens is 1. The van der Waals surface area contributed by atoms with Crippen molar-refractivity contribution in [2.24, 2.45) is 23.7 Å². The van der Waals surface area contributed by atoms with Crippen LogP contribution in [0.1, 0.15) is 42.4 Å². The zero-order chi connectivity index (χ0) is 43.7. The van der Waals surface area contributed by atoms with Gasteiger partial charge in [-0.25, -0.2) is 4.98 Å². The Morgan fingerprint density at radius 3 is 2.26 bits per heavy atom. The number of aromatic hydroxyl groups is 1. The van der Waals surface area contributed by atoms with Crippen molar-refractivity contribution < 1.29 is 42.2 Å². The molecule has 0 unspecified atom stereocenters. The van der Waals surface area contributed by atoms with E-state index in [0.717, 1.165) is 11.4 Å². The third-order valence-electron chi connectivity index (χ3n) is 12.4. The number of amides is 4. The maximum Gasteiger partial charge on any atom is 0.417 e. The van der Waals surface area contributed by atoms with Crippen LogP contribution in [0.4, 0.5) is 36.1 Å². The minimum absolute atomic E-state index is 0.0955. The van der Waals surface area contributed by atoms with Crippen molar-refractivity contribution in [3.05, 3.63) is 148 Å². The summed E-state index contributed by atoms with van der Waals surface area (Å²) in [6, 6.07) is 28.2. The summed E-state index contributed by atoms with van der Waals surface area (Å²) < 4.78 is 46.5. The average molecular weight is 883 g/mol. The van der Waals surface area contributed by atoms with Gasteiger partial charge < -0.3 is 15.2 Å². The number of alkyl halides is 3. The van der Waals surface area contributed by atoms with Crippen LogP contribution in [0.15, 0.2) is 121 Å².